The molecular formula is C20H33F3N4O. The zero-order chi connectivity index (χ0) is 21.0. The first kappa shape index (κ1) is 24.1. The summed E-state index contributed by atoms with van der Waals surface area (Å²) in [4.78, 5) is 6.61. The van der Waals surface area contributed by atoms with E-state index in [0.29, 0.717) is 12.5 Å². The van der Waals surface area contributed by atoms with Gasteiger partial charge in [-0.1, -0.05) is 26.0 Å². The van der Waals surface area contributed by atoms with Crippen LogP contribution in [0, 0.1) is 0 Å². The van der Waals surface area contributed by atoms with Gasteiger partial charge in [0, 0.05) is 19.6 Å². The highest BCUT2D eigenvalue weighted by molar-refractivity contribution is 5.79. The zero-order valence-corrected chi connectivity index (χ0v) is 17.3. The maximum Gasteiger partial charge on any atom is 0.422 e. The third-order valence-electron chi connectivity index (χ3n) is 4.37. The normalized spacial score (nSPS) is 13.5. The van der Waals surface area contributed by atoms with E-state index < -0.39 is 12.8 Å². The molecule has 1 aromatic carbocycles. The lowest BCUT2D eigenvalue weighted by molar-refractivity contribution is -0.153. The Morgan fingerprint density at radius 2 is 1.96 bits per heavy atom. The van der Waals surface area contributed by atoms with E-state index in [-0.39, 0.29) is 11.8 Å². The molecule has 0 saturated carbocycles. The number of nitrogens with zero attached hydrogens (tertiary/aromatic N) is 2. The van der Waals surface area contributed by atoms with E-state index in [1.165, 1.54) is 6.07 Å². The Bertz CT molecular complexity index is 589. The maximum atomic E-state index is 12.3. The molecular weight excluding hydrogens is 369 g/mol. The molecule has 160 valence electrons. The number of nitrogens with one attached hydrogen (secondary N) is 2. The summed E-state index contributed by atoms with van der Waals surface area (Å²) >= 11 is 0. The van der Waals surface area contributed by atoms with Crippen LogP contribution in [0.1, 0.15) is 39.2 Å². The molecule has 1 rings (SSSR count). The summed E-state index contributed by atoms with van der Waals surface area (Å²) in [7, 11) is 1.70. The lowest BCUT2D eigenvalue weighted by Crippen LogP contribution is -2.42. The second-order valence-electron chi connectivity index (χ2n) is 6.69. The quantitative estimate of drug-likeness (QED) is 0.437. The van der Waals surface area contributed by atoms with Gasteiger partial charge in [0.2, 0.25) is 0 Å². The zero-order valence-electron chi connectivity index (χ0n) is 17.3. The fraction of sp³-hybridized carbons (Fsp3) is 0.650. The van der Waals surface area contributed by atoms with Crippen molar-refractivity contribution in [2.45, 2.75) is 52.4 Å². The molecule has 1 aromatic rings. The topological polar surface area (TPSA) is 48.9 Å². The molecule has 0 saturated heterocycles. The van der Waals surface area contributed by atoms with E-state index in [9.17, 15) is 13.2 Å². The molecule has 0 bridgehead atoms. The molecule has 0 spiro atoms. The largest absolute Gasteiger partial charge is 0.484 e. The number of alkyl halides is 3. The van der Waals surface area contributed by atoms with Crippen LogP contribution < -0.4 is 15.4 Å². The third-order valence-corrected chi connectivity index (χ3v) is 4.37. The van der Waals surface area contributed by atoms with E-state index in [4.69, 9.17) is 4.74 Å². The molecule has 0 heterocycles. The van der Waals surface area contributed by atoms with Gasteiger partial charge < -0.3 is 20.3 Å². The average molecular weight is 403 g/mol. The Balaban J connectivity index is 2.43. The van der Waals surface area contributed by atoms with Gasteiger partial charge in [-0.25, -0.2) is 0 Å². The van der Waals surface area contributed by atoms with Gasteiger partial charge in [-0.15, -0.1) is 0 Å². The molecule has 0 radical (unpaired) electrons. The van der Waals surface area contributed by atoms with Crippen LogP contribution in [0.2, 0.25) is 0 Å². The SMILES string of the molecule is CCN(CC)CCCC(C)NC(=NC)NCc1cccc(OCC(F)(F)F)c1. The number of hydrogen-bond donors (Lipinski definition) is 2. The lowest BCUT2D eigenvalue weighted by Gasteiger charge is -2.21. The fourth-order valence-electron chi connectivity index (χ4n) is 2.76. The highest BCUT2D eigenvalue weighted by atomic mass is 19.4. The fourth-order valence-corrected chi connectivity index (χ4v) is 2.76. The highest BCUT2D eigenvalue weighted by Gasteiger charge is 2.28. The number of guanidine groups is 1. The van der Waals surface area contributed by atoms with Crippen LogP contribution in [0.5, 0.6) is 5.75 Å². The number of hydrogen-bond acceptors (Lipinski definition) is 3. The van der Waals surface area contributed by atoms with Crippen molar-refractivity contribution in [2.75, 3.05) is 33.3 Å². The minimum absolute atomic E-state index is 0.198. The Labute approximate surface area is 166 Å². The summed E-state index contributed by atoms with van der Waals surface area (Å²) < 4.78 is 41.6. The number of aliphatic imine (C=N–C) groups is 1. The molecule has 0 amide bonds. The number of halogens is 3. The van der Waals surface area contributed by atoms with Crippen LogP contribution in [0.3, 0.4) is 0 Å². The summed E-state index contributed by atoms with van der Waals surface area (Å²) in [5.74, 6) is 0.862. The summed E-state index contributed by atoms with van der Waals surface area (Å²) in [6, 6.07) is 6.88. The smallest absolute Gasteiger partial charge is 0.422 e. The van der Waals surface area contributed by atoms with Gasteiger partial charge in [-0.3, -0.25) is 4.99 Å². The molecule has 8 heteroatoms. The number of benzene rings is 1. The number of rotatable bonds is 11. The Hall–Kier alpha value is -1.96. The van der Waals surface area contributed by atoms with Crippen LogP contribution in [0.15, 0.2) is 29.3 Å². The van der Waals surface area contributed by atoms with E-state index in [2.05, 4.69) is 41.3 Å². The van der Waals surface area contributed by atoms with E-state index in [0.717, 1.165) is 38.0 Å². The molecule has 0 aliphatic heterocycles. The van der Waals surface area contributed by atoms with Gasteiger partial charge in [0.1, 0.15) is 5.75 Å². The van der Waals surface area contributed by atoms with E-state index >= 15 is 0 Å². The monoisotopic (exact) mass is 402 g/mol. The molecule has 0 aliphatic rings. The van der Waals surface area contributed by atoms with Crippen molar-refractivity contribution in [2.24, 2.45) is 4.99 Å². The van der Waals surface area contributed by atoms with Crippen LogP contribution in [0.4, 0.5) is 13.2 Å². The first-order valence-corrected chi connectivity index (χ1v) is 9.75. The Kier molecular flexibility index (Phi) is 10.7. The van der Waals surface area contributed by atoms with Gasteiger partial charge in [0.25, 0.3) is 0 Å². The Morgan fingerprint density at radius 1 is 1.25 bits per heavy atom. The van der Waals surface area contributed by atoms with Gasteiger partial charge in [0.15, 0.2) is 12.6 Å². The van der Waals surface area contributed by atoms with Gasteiger partial charge in [-0.2, -0.15) is 13.2 Å². The van der Waals surface area contributed by atoms with Crippen molar-refractivity contribution in [1.29, 1.82) is 0 Å². The van der Waals surface area contributed by atoms with Crippen molar-refractivity contribution in [3.63, 3.8) is 0 Å². The summed E-state index contributed by atoms with van der Waals surface area (Å²) in [6.45, 7) is 8.80. The predicted octanol–water partition coefficient (Wildman–Crippen LogP) is 3.80. The van der Waals surface area contributed by atoms with Crippen molar-refractivity contribution < 1.29 is 17.9 Å². The minimum atomic E-state index is -4.35. The van der Waals surface area contributed by atoms with Gasteiger partial charge in [-0.05, 0) is 57.1 Å². The summed E-state index contributed by atoms with van der Waals surface area (Å²) in [5.41, 5.74) is 0.816. The minimum Gasteiger partial charge on any atom is -0.484 e. The second-order valence-corrected chi connectivity index (χ2v) is 6.69. The van der Waals surface area contributed by atoms with Crippen molar-refractivity contribution in [3.05, 3.63) is 29.8 Å². The second kappa shape index (κ2) is 12.5. The molecule has 2 N–H and O–H groups in total. The van der Waals surface area contributed by atoms with E-state index in [1.54, 1.807) is 19.2 Å². The lowest BCUT2D eigenvalue weighted by atomic mass is 10.2. The van der Waals surface area contributed by atoms with Crippen LogP contribution >= 0.6 is 0 Å². The molecule has 28 heavy (non-hydrogen) atoms. The molecule has 0 aromatic heterocycles. The van der Waals surface area contributed by atoms with Crippen molar-refractivity contribution in [1.82, 2.24) is 15.5 Å². The Morgan fingerprint density at radius 3 is 2.57 bits per heavy atom. The van der Waals surface area contributed by atoms with Crippen LogP contribution in [-0.2, 0) is 6.54 Å². The molecule has 0 fully saturated rings. The standard InChI is InChI=1S/C20H33F3N4O/c1-5-27(6-2)12-8-9-16(3)26-19(24-4)25-14-17-10-7-11-18(13-17)28-15-20(21,22)23/h7,10-11,13,16H,5-6,8-9,12,14-15H2,1-4H3,(H2,24,25,26). The van der Waals surface area contributed by atoms with Gasteiger partial charge >= 0.3 is 6.18 Å². The average Bonchev–Trinajstić information content (AvgIpc) is 2.66. The molecule has 1 atom stereocenters. The van der Waals surface area contributed by atoms with Crippen molar-refractivity contribution >= 4 is 5.96 Å². The van der Waals surface area contributed by atoms with E-state index in [1.807, 2.05) is 6.07 Å². The van der Waals surface area contributed by atoms with Gasteiger partial charge in [0.05, 0.1) is 0 Å². The third kappa shape index (κ3) is 10.4. The molecule has 5 nitrogen and oxygen atoms in total. The first-order valence-electron chi connectivity index (χ1n) is 9.75. The van der Waals surface area contributed by atoms with Crippen LogP contribution in [-0.4, -0.2) is 56.4 Å². The summed E-state index contributed by atoms with van der Waals surface area (Å²) in [5, 5.41) is 6.54. The number of ether oxygens (including phenoxy) is 1. The highest BCUT2D eigenvalue weighted by Crippen LogP contribution is 2.19. The maximum absolute atomic E-state index is 12.3. The summed E-state index contributed by atoms with van der Waals surface area (Å²) in [6.07, 6.45) is -2.22. The predicted molar refractivity (Wildman–Crippen MR) is 108 cm³/mol. The van der Waals surface area contributed by atoms with Crippen molar-refractivity contribution in [3.8, 4) is 5.75 Å². The molecule has 0 aliphatic carbocycles. The van der Waals surface area contributed by atoms with Crippen LogP contribution in [0.25, 0.3) is 0 Å². The molecule has 1 unspecified atom stereocenters. The first-order chi connectivity index (χ1) is 13.3.